The van der Waals surface area contributed by atoms with Crippen molar-refractivity contribution >= 4 is 45.2 Å². The minimum Gasteiger partial charge on any atom is -0.445 e. The van der Waals surface area contributed by atoms with Crippen LogP contribution >= 0.6 is 27.5 Å². The summed E-state index contributed by atoms with van der Waals surface area (Å²) in [5.41, 5.74) is 1.38. The molecule has 1 aliphatic rings. The van der Waals surface area contributed by atoms with Crippen molar-refractivity contribution in [3.63, 3.8) is 0 Å². The fraction of sp³-hybridized carbons (Fsp3) is 0.263. The topological polar surface area (TPSA) is 78.9 Å². The molecule has 2 aromatic carbocycles. The van der Waals surface area contributed by atoms with Gasteiger partial charge in [-0.3, -0.25) is 9.69 Å². The highest BCUT2D eigenvalue weighted by molar-refractivity contribution is 9.10. The van der Waals surface area contributed by atoms with E-state index in [1.54, 1.807) is 18.2 Å². The zero-order valence-corrected chi connectivity index (χ0v) is 16.6. The number of aliphatic hydroxyl groups excluding tert-OH is 1. The van der Waals surface area contributed by atoms with Crippen molar-refractivity contribution in [1.82, 2.24) is 4.90 Å². The fourth-order valence-electron chi connectivity index (χ4n) is 2.87. The molecular formula is C19H18BrClN2O4. The molecule has 6 nitrogen and oxygen atoms in total. The van der Waals surface area contributed by atoms with E-state index in [0.29, 0.717) is 15.2 Å². The SMILES string of the molecule is O=C(Nc1ccc(Cl)c(Br)c1)[C@@H]1C[C@@H](O)CN1C(=O)OCc1ccccc1. The Morgan fingerprint density at radius 2 is 2.00 bits per heavy atom. The predicted molar refractivity (Wildman–Crippen MR) is 106 cm³/mol. The molecule has 2 atom stereocenters. The van der Waals surface area contributed by atoms with Crippen molar-refractivity contribution in [3.8, 4) is 0 Å². The minimum atomic E-state index is -0.808. The van der Waals surface area contributed by atoms with Crippen LogP contribution in [0.25, 0.3) is 0 Å². The summed E-state index contributed by atoms with van der Waals surface area (Å²) in [4.78, 5) is 26.3. The molecule has 3 rings (SSSR count). The number of anilines is 1. The first kappa shape index (κ1) is 19.7. The molecule has 0 unspecified atom stereocenters. The Morgan fingerprint density at radius 3 is 2.70 bits per heavy atom. The van der Waals surface area contributed by atoms with Crippen molar-refractivity contribution in [2.45, 2.75) is 25.2 Å². The number of carbonyl (C=O) groups excluding carboxylic acids is 2. The Kier molecular flexibility index (Phi) is 6.36. The number of aliphatic hydroxyl groups is 1. The standard InChI is InChI=1S/C19H18BrClN2O4/c20-15-8-13(6-7-16(15)21)22-18(25)17-9-14(24)10-23(17)19(26)27-11-12-4-2-1-3-5-12/h1-8,14,17,24H,9-11H2,(H,22,25)/t14-,17+/m1/s1. The smallest absolute Gasteiger partial charge is 0.410 e. The van der Waals surface area contributed by atoms with Gasteiger partial charge in [0.15, 0.2) is 0 Å². The summed E-state index contributed by atoms with van der Waals surface area (Å²) in [6.07, 6.45) is -1.25. The normalized spacial score (nSPS) is 19.0. The summed E-state index contributed by atoms with van der Waals surface area (Å²) in [7, 11) is 0. The first-order valence-electron chi connectivity index (χ1n) is 8.35. The zero-order chi connectivity index (χ0) is 19.4. The maximum atomic E-state index is 12.6. The van der Waals surface area contributed by atoms with E-state index in [0.717, 1.165) is 5.56 Å². The minimum absolute atomic E-state index is 0.0516. The van der Waals surface area contributed by atoms with Crippen molar-refractivity contribution in [3.05, 3.63) is 63.6 Å². The quantitative estimate of drug-likeness (QED) is 0.738. The van der Waals surface area contributed by atoms with Gasteiger partial charge in [-0.25, -0.2) is 4.79 Å². The lowest BCUT2D eigenvalue weighted by molar-refractivity contribution is -0.120. The van der Waals surface area contributed by atoms with Gasteiger partial charge in [-0.1, -0.05) is 41.9 Å². The maximum absolute atomic E-state index is 12.6. The summed E-state index contributed by atoms with van der Waals surface area (Å²) in [5, 5.41) is 13.2. The average molecular weight is 454 g/mol. The van der Waals surface area contributed by atoms with Crippen LogP contribution in [0.3, 0.4) is 0 Å². The van der Waals surface area contributed by atoms with E-state index < -0.39 is 24.1 Å². The zero-order valence-electron chi connectivity index (χ0n) is 14.3. The average Bonchev–Trinajstić information content (AvgIpc) is 3.06. The Balaban J connectivity index is 1.64. The fourth-order valence-corrected chi connectivity index (χ4v) is 3.36. The molecule has 2 amide bonds. The van der Waals surface area contributed by atoms with E-state index in [9.17, 15) is 14.7 Å². The molecule has 8 heteroatoms. The van der Waals surface area contributed by atoms with Crippen molar-refractivity contribution in [1.29, 1.82) is 0 Å². The second-order valence-electron chi connectivity index (χ2n) is 6.22. The third-order valence-corrected chi connectivity index (χ3v) is 5.42. The molecule has 1 saturated heterocycles. The number of hydrogen-bond acceptors (Lipinski definition) is 4. The molecule has 2 N–H and O–H groups in total. The third kappa shape index (κ3) is 5.00. The molecule has 0 aliphatic carbocycles. The molecule has 0 spiro atoms. The van der Waals surface area contributed by atoms with Crippen LogP contribution in [-0.4, -0.2) is 40.7 Å². The molecule has 0 saturated carbocycles. The second-order valence-corrected chi connectivity index (χ2v) is 7.48. The lowest BCUT2D eigenvalue weighted by Gasteiger charge is -2.23. The highest BCUT2D eigenvalue weighted by atomic mass is 79.9. The molecule has 1 aliphatic heterocycles. The van der Waals surface area contributed by atoms with Gasteiger partial charge < -0.3 is 15.2 Å². The number of amides is 2. The van der Waals surface area contributed by atoms with Gasteiger partial charge >= 0.3 is 6.09 Å². The number of hydrogen-bond donors (Lipinski definition) is 2. The van der Waals surface area contributed by atoms with E-state index >= 15 is 0 Å². The number of rotatable bonds is 4. The van der Waals surface area contributed by atoms with Gasteiger partial charge in [0.25, 0.3) is 0 Å². The van der Waals surface area contributed by atoms with Crippen LogP contribution in [0.4, 0.5) is 10.5 Å². The van der Waals surface area contributed by atoms with Gasteiger partial charge in [0.2, 0.25) is 5.91 Å². The molecular weight excluding hydrogens is 436 g/mol. The molecule has 0 aromatic heterocycles. The number of carbonyl (C=O) groups is 2. The van der Waals surface area contributed by atoms with Gasteiger partial charge in [-0.2, -0.15) is 0 Å². The van der Waals surface area contributed by atoms with E-state index in [-0.39, 0.29) is 19.6 Å². The van der Waals surface area contributed by atoms with E-state index in [4.69, 9.17) is 16.3 Å². The first-order valence-corrected chi connectivity index (χ1v) is 9.52. The first-order chi connectivity index (χ1) is 12.9. The molecule has 2 aromatic rings. The Bertz CT molecular complexity index is 834. The molecule has 142 valence electrons. The Labute approximate surface area is 170 Å². The molecule has 0 bridgehead atoms. The number of likely N-dealkylation sites (tertiary alicyclic amines) is 1. The van der Waals surface area contributed by atoms with Crippen LogP contribution < -0.4 is 5.32 Å². The van der Waals surface area contributed by atoms with Gasteiger partial charge in [0.05, 0.1) is 17.7 Å². The summed E-state index contributed by atoms with van der Waals surface area (Å²) in [6.45, 7) is 0.154. The summed E-state index contributed by atoms with van der Waals surface area (Å²) in [6, 6.07) is 13.4. The predicted octanol–water partition coefficient (Wildman–Crippen LogP) is 3.81. The highest BCUT2D eigenvalue weighted by Crippen LogP contribution is 2.27. The van der Waals surface area contributed by atoms with Crippen LogP contribution in [0, 0.1) is 0 Å². The van der Waals surface area contributed by atoms with Crippen LogP contribution in [0.2, 0.25) is 5.02 Å². The summed E-state index contributed by atoms with van der Waals surface area (Å²) < 4.78 is 5.94. The molecule has 0 radical (unpaired) electrons. The number of β-amino-alcohol motifs (C(OH)–C–C–N with tert-alkyl or cyclic N) is 1. The van der Waals surface area contributed by atoms with Gasteiger partial charge in [0.1, 0.15) is 12.6 Å². The number of ether oxygens (including phenoxy) is 1. The molecule has 1 heterocycles. The molecule has 1 fully saturated rings. The lowest BCUT2D eigenvalue weighted by atomic mass is 10.2. The van der Waals surface area contributed by atoms with Crippen molar-refractivity contribution < 1.29 is 19.4 Å². The van der Waals surface area contributed by atoms with Crippen LogP contribution in [0.15, 0.2) is 53.0 Å². The van der Waals surface area contributed by atoms with Crippen molar-refractivity contribution in [2.24, 2.45) is 0 Å². The van der Waals surface area contributed by atoms with E-state index in [1.807, 2.05) is 30.3 Å². The lowest BCUT2D eigenvalue weighted by Crippen LogP contribution is -2.43. The van der Waals surface area contributed by atoms with Crippen LogP contribution in [0.1, 0.15) is 12.0 Å². The monoisotopic (exact) mass is 452 g/mol. The van der Waals surface area contributed by atoms with E-state index in [2.05, 4.69) is 21.2 Å². The number of halogens is 2. The van der Waals surface area contributed by atoms with Gasteiger partial charge in [0, 0.05) is 16.6 Å². The number of nitrogens with one attached hydrogen (secondary N) is 1. The second kappa shape index (κ2) is 8.73. The van der Waals surface area contributed by atoms with Crippen LogP contribution in [-0.2, 0) is 16.1 Å². The Morgan fingerprint density at radius 1 is 1.26 bits per heavy atom. The number of nitrogens with zero attached hydrogens (tertiary/aromatic N) is 1. The van der Waals surface area contributed by atoms with Gasteiger partial charge in [-0.15, -0.1) is 0 Å². The largest absolute Gasteiger partial charge is 0.445 e. The van der Waals surface area contributed by atoms with E-state index in [1.165, 1.54) is 4.90 Å². The summed E-state index contributed by atoms with van der Waals surface area (Å²) >= 11 is 9.25. The highest BCUT2D eigenvalue weighted by Gasteiger charge is 2.39. The summed E-state index contributed by atoms with van der Waals surface area (Å²) in [5.74, 6) is -0.391. The van der Waals surface area contributed by atoms with Crippen molar-refractivity contribution in [2.75, 3.05) is 11.9 Å². The number of benzene rings is 2. The third-order valence-electron chi connectivity index (χ3n) is 4.21. The van der Waals surface area contributed by atoms with Gasteiger partial charge in [-0.05, 0) is 39.7 Å². The van der Waals surface area contributed by atoms with Crippen LogP contribution in [0.5, 0.6) is 0 Å². The Hall–Kier alpha value is -2.09. The maximum Gasteiger partial charge on any atom is 0.410 e. The molecule has 27 heavy (non-hydrogen) atoms.